The fourth-order valence-electron chi connectivity index (χ4n) is 4.94. The van der Waals surface area contributed by atoms with Gasteiger partial charge in [0.25, 0.3) is 0 Å². The molecule has 0 radical (unpaired) electrons. The van der Waals surface area contributed by atoms with Crippen LogP contribution in [0, 0.1) is 0 Å². The number of benzene rings is 3. The van der Waals surface area contributed by atoms with Gasteiger partial charge in [-0.1, -0.05) is 54.6 Å². The highest BCUT2D eigenvalue weighted by atomic mass is 16.5. The Morgan fingerprint density at radius 2 is 1.26 bits per heavy atom. The van der Waals surface area contributed by atoms with E-state index in [1.54, 1.807) is 7.11 Å². The number of piperazine rings is 1. The van der Waals surface area contributed by atoms with Gasteiger partial charge in [0.05, 0.1) is 7.11 Å². The summed E-state index contributed by atoms with van der Waals surface area (Å²) in [7, 11) is 1.76. The molecule has 1 aliphatic rings. The summed E-state index contributed by atoms with van der Waals surface area (Å²) in [5.74, 6) is 0.996. The van der Waals surface area contributed by atoms with E-state index in [1.807, 2.05) is 6.07 Å². The minimum Gasteiger partial charge on any atom is -0.496 e. The highest BCUT2D eigenvalue weighted by Gasteiger charge is 2.18. The van der Waals surface area contributed by atoms with Crippen molar-refractivity contribution < 1.29 is 4.74 Å². The number of aromatic nitrogens is 1. The van der Waals surface area contributed by atoms with Crippen LogP contribution in [0.3, 0.4) is 0 Å². The average molecular weight is 414 g/mol. The number of fused-ring (bicyclic) bond motifs is 3. The molecule has 160 valence electrons. The molecule has 4 nitrogen and oxygen atoms in total. The molecule has 0 spiro atoms. The SMILES string of the molecule is COc1ccccc1CN1CCN(CCCn2c3ccccc3c3ccccc32)CC1. The van der Waals surface area contributed by atoms with Crippen LogP contribution in [0.15, 0.2) is 72.8 Å². The first-order chi connectivity index (χ1) is 15.3. The van der Waals surface area contributed by atoms with E-state index in [0.717, 1.165) is 51.6 Å². The lowest BCUT2D eigenvalue weighted by Crippen LogP contribution is -2.46. The second-order valence-electron chi connectivity index (χ2n) is 8.47. The summed E-state index contributed by atoms with van der Waals surface area (Å²) in [4.78, 5) is 5.16. The van der Waals surface area contributed by atoms with Crippen LogP contribution in [-0.4, -0.2) is 54.2 Å². The topological polar surface area (TPSA) is 20.6 Å². The fourth-order valence-corrected chi connectivity index (χ4v) is 4.94. The van der Waals surface area contributed by atoms with Crippen LogP contribution in [0.1, 0.15) is 12.0 Å². The third-order valence-electron chi connectivity index (χ3n) is 6.59. The minimum absolute atomic E-state index is 0.971. The number of methoxy groups -OCH3 is 1. The van der Waals surface area contributed by atoms with E-state index in [-0.39, 0.29) is 0 Å². The molecule has 0 unspecified atom stereocenters. The first-order valence-corrected chi connectivity index (χ1v) is 11.4. The van der Waals surface area contributed by atoms with Gasteiger partial charge >= 0.3 is 0 Å². The molecule has 0 saturated carbocycles. The Balaban J connectivity index is 1.17. The molecule has 1 saturated heterocycles. The number of hydrogen-bond donors (Lipinski definition) is 0. The molecular weight excluding hydrogens is 382 g/mol. The Morgan fingerprint density at radius 1 is 0.677 bits per heavy atom. The zero-order valence-corrected chi connectivity index (χ0v) is 18.3. The molecule has 5 rings (SSSR count). The number of aryl methyl sites for hydroxylation is 1. The number of ether oxygens (including phenoxy) is 1. The standard InChI is InChI=1S/C27H31N3O/c1-31-27-14-7-2-9-22(27)21-29-19-17-28(18-20-29)15-8-16-30-25-12-5-3-10-23(25)24-11-4-6-13-26(24)30/h2-7,9-14H,8,15-21H2,1H3. The van der Waals surface area contributed by atoms with Crippen molar-refractivity contribution in [2.24, 2.45) is 0 Å². The number of nitrogens with zero attached hydrogens (tertiary/aromatic N) is 3. The van der Waals surface area contributed by atoms with Crippen LogP contribution in [0.2, 0.25) is 0 Å². The minimum atomic E-state index is 0.971. The molecule has 2 heterocycles. The molecule has 1 aromatic heterocycles. The van der Waals surface area contributed by atoms with Gasteiger partial charge in [0.15, 0.2) is 0 Å². The summed E-state index contributed by atoms with van der Waals surface area (Å²) in [5.41, 5.74) is 3.99. The summed E-state index contributed by atoms with van der Waals surface area (Å²) < 4.78 is 8.02. The van der Waals surface area contributed by atoms with Crippen LogP contribution >= 0.6 is 0 Å². The Morgan fingerprint density at radius 3 is 1.94 bits per heavy atom. The van der Waals surface area contributed by atoms with Crippen molar-refractivity contribution in [2.45, 2.75) is 19.5 Å². The third kappa shape index (κ3) is 4.18. The van der Waals surface area contributed by atoms with Crippen LogP contribution in [-0.2, 0) is 13.1 Å². The normalized spacial score (nSPS) is 15.6. The molecule has 1 fully saturated rings. The predicted octanol–water partition coefficient (Wildman–Crippen LogP) is 5.01. The highest BCUT2D eigenvalue weighted by molar-refractivity contribution is 6.07. The van der Waals surface area contributed by atoms with E-state index in [4.69, 9.17) is 4.74 Å². The Bertz CT molecular complexity index is 1100. The molecule has 0 N–H and O–H groups in total. The zero-order chi connectivity index (χ0) is 21.0. The zero-order valence-electron chi connectivity index (χ0n) is 18.3. The summed E-state index contributed by atoms with van der Waals surface area (Å²) in [5, 5.41) is 2.73. The lowest BCUT2D eigenvalue weighted by molar-refractivity contribution is 0.124. The summed E-state index contributed by atoms with van der Waals surface area (Å²) in [6, 6.07) is 26.0. The number of para-hydroxylation sites is 3. The van der Waals surface area contributed by atoms with Gasteiger partial charge in [-0.15, -0.1) is 0 Å². The fraction of sp³-hybridized carbons (Fsp3) is 0.333. The smallest absolute Gasteiger partial charge is 0.123 e. The Hall–Kier alpha value is -2.82. The molecule has 0 bridgehead atoms. The Labute approximate surface area is 184 Å². The monoisotopic (exact) mass is 413 g/mol. The summed E-state index contributed by atoms with van der Waals surface area (Å²) in [6.45, 7) is 7.71. The van der Waals surface area contributed by atoms with Gasteiger partial charge in [0, 0.05) is 66.6 Å². The van der Waals surface area contributed by atoms with Crippen molar-refractivity contribution in [1.29, 1.82) is 0 Å². The van der Waals surface area contributed by atoms with Gasteiger partial charge in [0.2, 0.25) is 0 Å². The molecular formula is C27H31N3O. The van der Waals surface area contributed by atoms with E-state index < -0.39 is 0 Å². The molecule has 3 aromatic carbocycles. The lowest BCUT2D eigenvalue weighted by atomic mass is 10.1. The van der Waals surface area contributed by atoms with Crippen LogP contribution in [0.5, 0.6) is 5.75 Å². The second-order valence-corrected chi connectivity index (χ2v) is 8.47. The van der Waals surface area contributed by atoms with Crippen molar-refractivity contribution in [1.82, 2.24) is 14.4 Å². The molecule has 4 aromatic rings. The van der Waals surface area contributed by atoms with Gasteiger partial charge in [-0.25, -0.2) is 0 Å². The molecule has 1 aliphatic heterocycles. The largest absolute Gasteiger partial charge is 0.496 e. The lowest BCUT2D eigenvalue weighted by Gasteiger charge is -2.35. The van der Waals surface area contributed by atoms with Gasteiger partial charge in [-0.2, -0.15) is 0 Å². The van der Waals surface area contributed by atoms with E-state index in [0.29, 0.717) is 0 Å². The summed E-state index contributed by atoms with van der Waals surface area (Å²) in [6.07, 6.45) is 1.18. The maximum absolute atomic E-state index is 5.52. The maximum Gasteiger partial charge on any atom is 0.123 e. The van der Waals surface area contributed by atoms with E-state index in [9.17, 15) is 0 Å². The third-order valence-corrected chi connectivity index (χ3v) is 6.59. The van der Waals surface area contributed by atoms with Crippen molar-refractivity contribution >= 4 is 21.8 Å². The maximum atomic E-state index is 5.52. The van der Waals surface area contributed by atoms with E-state index in [1.165, 1.54) is 33.8 Å². The first-order valence-electron chi connectivity index (χ1n) is 11.4. The van der Waals surface area contributed by atoms with Crippen LogP contribution in [0.4, 0.5) is 0 Å². The van der Waals surface area contributed by atoms with Crippen molar-refractivity contribution in [3.8, 4) is 5.75 Å². The predicted molar refractivity (Wildman–Crippen MR) is 129 cm³/mol. The van der Waals surface area contributed by atoms with Crippen molar-refractivity contribution in [2.75, 3.05) is 39.8 Å². The molecule has 0 atom stereocenters. The molecule has 0 amide bonds. The number of rotatable bonds is 7. The van der Waals surface area contributed by atoms with Crippen molar-refractivity contribution in [3.63, 3.8) is 0 Å². The van der Waals surface area contributed by atoms with E-state index >= 15 is 0 Å². The molecule has 4 heteroatoms. The summed E-state index contributed by atoms with van der Waals surface area (Å²) >= 11 is 0. The quantitative estimate of drug-likeness (QED) is 0.425. The van der Waals surface area contributed by atoms with Gasteiger partial charge < -0.3 is 14.2 Å². The molecule has 31 heavy (non-hydrogen) atoms. The number of hydrogen-bond acceptors (Lipinski definition) is 3. The van der Waals surface area contributed by atoms with Crippen molar-refractivity contribution in [3.05, 3.63) is 78.4 Å². The first kappa shape index (κ1) is 20.1. The van der Waals surface area contributed by atoms with Crippen LogP contribution in [0.25, 0.3) is 21.8 Å². The second kappa shape index (κ2) is 9.13. The highest BCUT2D eigenvalue weighted by Crippen LogP contribution is 2.29. The van der Waals surface area contributed by atoms with Gasteiger partial charge in [-0.3, -0.25) is 4.90 Å². The Kier molecular flexibility index (Phi) is 5.92. The average Bonchev–Trinajstić information content (AvgIpc) is 3.15. The van der Waals surface area contributed by atoms with E-state index in [2.05, 4.69) is 81.1 Å². The van der Waals surface area contributed by atoms with Gasteiger partial charge in [-0.05, 0) is 31.2 Å². The van der Waals surface area contributed by atoms with Crippen LogP contribution < -0.4 is 4.74 Å². The van der Waals surface area contributed by atoms with Gasteiger partial charge in [0.1, 0.15) is 5.75 Å². The molecule has 0 aliphatic carbocycles.